The van der Waals surface area contributed by atoms with E-state index in [-0.39, 0.29) is 0 Å². The SMILES string of the molecule is Nc1cnc(C2CC2)nc1. The van der Waals surface area contributed by atoms with Crippen molar-refractivity contribution in [1.29, 1.82) is 0 Å². The van der Waals surface area contributed by atoms with Gasteiger partial charge in [-0.25, -0.2) is 9.97 Å². The van der Waals surface area contributed by atoms with Crippen LogP contribution in [-0.4, -0.2) is 9.97 Å². The number of nitrogens with zero attached hydrogens (tertiary/aromatic N) is 2. The summed E-state index contributed by atoms with van der Waals surface area (Å²) in [5.74, 6) is 1.58. The van der Waals surface area contributed by atoms with E-state index in [4.69, 9.17) is 5.73 Å². The maximum atomic E-state index is 5.42. The normalized spacial score (nSPS) is 17.2. The quantitative estimate of drug-likeness (QED) is 0.623. The molecule has 52 valence electrons. The van der Waals surface area contributed by atoms with Crippen LogP contribution < -0.4 is 5.73 Å². The van der Waals surface area contributed by atoms with Crippen molar-refractivity contribution in [1.82, 2.24) is 9.97 Å². The summed E-state index contributed by atoms with van der Waals surface area (Å²) < 4.78 is 0. The van der Waals surface area contributed by atoms with Crippen molar-refractivity contribution in [3.63, 3.8) is 0 Å². The molecule has 1 aliphatic rings. The van der Waals surface area contributed by atoms with Gasteiger partial charge in [0, 0.05) is 5.92 Å². The number of rotatable bonds is 1. The van der Waals surface area contributed by atoms with E-state index in [0.29, 0.717) is 11.6 Å². The summed E-state index contributed by atoms with van der Waals surface area (Å²) in [4.78, 5) is 8.21. The Morgan fingerprint density at radius 2 is 1.90 bits per heavy atom. The van der Waals surface area contributed by atoms with Gasteiger partial charge in [-0.3, -0.25) is 0 Å². The lowest BCUT2D eigenvalue weighted by atomic mass is 10.4. The van der Waals surface area contributed by atoms with Gasteiger partial charge in [0.25, 0.3) is 0 Å². The first-order valence-electron chi connectivity index (χ1n) is 3.43. The standard InChI is InChI=1S/C7H9N3/c8-6-3-9-7(10-4-6)5-1-2-5/h3-5H,1-2,8H2. The Labute approximate surface area is 59.3 Å². The average Bonchev–Trinajstić information content (AvgIpc) is 2.71. The molecule has 1 saturated carbocycles. The molecule has 1 heterocycles. The van der Waals surface area contributed by atoms with Crippen molar-refractivity contribution < 1.29 is 0 Å². The Morgan fingerprint density at radius 3 is 2.40 bits per heavy atom. The molecule has 2 N–H and O–H groups in total. The van der Waals surface area contributed by atoms with Gasteiger partial charge in [-0.05, 0) is 12.8 Å². The molecule has 0 radical (unpaired) electrons. The minimum absolute atomic E-state index is 0.626. The highest BCUT2D eigenvalue weighted by Gasteiger charge is 2.25. The van der Waals surface area contributed by atoms with Crippen molar-refractivity contribution in [2.45, 2.75) is 18.8 Å². The Morgan fingerprint density at radius 1 is 1.30 bits per heavy atom. The van der Waals surface area contributed by atoms with Crippen LogP contribution in [0.3, 0.4) is 0 Å². The molecule has 1 aromatic heterocycles. The third-order valence-electron chi connectivity index (χ3n) is 1.63. The second kappa shape index (κ2) is 1.94. The van der Waals surface area contributed by atoms with Crippen LogP contribution >= 0.6 is 0 Å². The third-order valence-corrected chi connectivity index (χ3v) is 1.63. The van der Waals surface area contributed by atoms with E-state index >= 15 is 0 Å². The Hall–Kier alpha value is -1.12. The molecular formula is C7H9N3. The predicted octanol–water partition coefficient (Wildman–Crippen LogP) is 0.936. The Balaban J connectivity index is 2.28. The van der Waals surface area contributed by atoms with E-state index in [0.717, 1.165) is 5.82 Å². The van der Waals surface area contributed by atoms with Gasteiger partial charge in [0.15, 0.2) is 0 Å². The van der Waals surface area contributed by atoms with Gasteiger partial charge in [-0.1, -0.05) is 0 Å². The monoisotopic (exact) mass is 135 g/mol. The maximum absolute atomic E-state index is 5.42. The molecule has 1 fully saturated rings. The summed E-state index contributed by atoms with van der Waals surface area (Å²) in [6.45, 7) is 0. The van der Waals surface area contributed by atoms with E-state index in [9.17, 15) is 0 Å². The largest absolute Gasteiger partial charge is 0.396 e. The molecular weight excluding hydrogens is 126 g/mol. The van der Waals surface area contributed by atoms with Gasteiger partial charge in [-0.15, -0.1) is 0 Å². The summed E-state index contributed by atoms with van der Waals surface area (Å²) in [6.07, 6.45) is 5.81. The zero-order valence-electron chi connectivity index (χ0n) is 5.62. The molecule has 1 aromatic rings. The summed E-state index contributed by atoms with van der Waals surface area (Å²) in [5, 5.41) is 0. The number of nitrogens with two attached hydrogens (primary N) is 1. The lowest BCUT2D eigenvalue weighted by Gasteiger charge is -1.94. The van der Waals surface area contributed by atoms with Crippen molar-refractivity contribution in [2.75, 3.05) is 5.73 Å². The van der Waals surface area contributed by atoms with Gasteiger partial charge in [0.1, 0.15) is 5.82 Å². The number of aromatic nitrogens is 2. The van der Waals surface area contributed by atoms with Crippen LogP contribution in [0.4, 0.5) is 5.69 Å². The van der Waals surface area contributed by atoms with E-state index in [1.807, 2.05) is 0 Å². The average molecular weight is 135 g/mol. The van der Waals surface area contributed by atoms with Gasteiger partial charge < -0.3 is 5.73 Å². The number of nitrogen functional groups attached to an aromatic ring is 1. The Bertz CT molecular complexity index is 225. The fraction of sp³-hybridized carbons (Fsp3) is 0.429. The van der Waals surface area contributed by atoms with Crippen molar-refractivity contribution >= 4 is 5.69 Å². The van der Waals surface area contributed by atoms with Crippen molar-refractivity contribution in [2.24, 2.45) is 0 Å². The van der Waals surface area contributed by atoms with Crippen LogP contribution in [0, 0.1) is 0 Å². The maximum Gasteiger partial charge on any atom is 0.131 e. The predicted molar refractivity (Wildman–Crippen MR) is 38.4 cm³/mol. The fourth-order valence-electron chi connectivity index (χ4n) is 0.900. The molecule has 3 nitrogen and oxygen atoms in total. The van der Waals surface area contributed by atoms with Gasteiger partial charge in [-0.2, -0.15) is 0 Å². The minimum Gasteiger partial charge on any atom is -0.396 e. The zero-order valence-corrected chi connectivity index (χ0v) is 5.62. The second-order valence-corrected chi connectivity index (χ2v) is 2.65. The molecule has 10 heavy (non-hydrogen) atoms. The number of hydrogen-bond acceptors (Lipinski definition) is 3. The first kappa shape index (κ1) is 5.65. The number of anilines is 1. The van der Waals surface area contributed by atoms with Crippen LogP contribution in [0.1, 0.15) is 24.6 Å². The molecule has 0 saturated heterocycles. The lowest BCUT2D eigenvalue weighted by molar-refractivity contribution is 0.929. The topological polar surface area (TPSA) is 51.8 Å². The van der Waals surface area contributed by atoms with Crippen molar-refractivity contribution in [3.05, 3.63) is 18.2 Å². The summed E-state index contributed by atoms with van der Waals surface area (Å²) in [5.41, 5.74) is 6.07. The summed E-state index contributed by atoms with van der Waals surface area (Å²) in [6, 6.07) is 0. The molecule has 0 aromatic carbocycles. The van der Waals surface area contributed by atoms with Gasteiger partial charge >= 0.3 is 0 Å². The smallest absolute Gasteiger partial charge is 0.131 e. The van der Waals surface area contributed by atoms with Crippen LogP contribution in [0.15, 0.2) is 12.4 Å². The first-order chi connectivity index (χ1) is 4.86. The van der Waals surface area contributed by atoms with E-state index in [1.165, 1.54) is 12.8 Å². The molecule has 0 unspecified atom stereocenters. The first-order valence-corrected chi connectivity index (χ1v) is 3.43. The van der Waals surface area contributed by atoms with Crippen LogP contribution in [0.25, 0.3) is 0 Å². The third kappa shape index (κ3) is 0.943. The van der Waals surface area contributed by atoms with Crippen LogP contribution in [0.2, 0.25) is 0 Å². The Kier molecular flexibility index (Phi) is 1.09. The summed E-state index contributed by atoms with van der Waals surface area (Å²) >= 11 is 0. The molecule has 0 atom stereocenters. The van der Waals surface area contributed by atoms with Crippen molar-refractivity contribution in [3.8, 4) is 0 Å². The zero-order chi connectivity index (χ0) is 6.97. The lowest BCUT2D eigenvalue weighted by Crippen LogP contribution is -1.93. The van der Waals surface area contributed by atoms with E-state index < -0.39 is 0 Å². The second-order valence-electron chi connectivity index (χ2n) is 2.65. The molecule has 2 rings (SSSR count). The molecule has 0 aliphatic heterocycles. The van der Waals surface area contributed by atoms with Gasteiger partial charge in [0.05, 0.1) is 18.1 Å². The highest BCUT2D eigenvalue weighted by atomic mass is 14.9. The molecule has 0 bridgehead atoms. The van der Waals surface area contributed by atoms with Crippen LogP contribution in [0.5, 0.6) is 0 Å². The van der Waals surface area contributed by atoms with E-state index in [2.05, 4.69) is 9.97 Å². The molecule has 0 spiro atoms. The van der Waals surface area contributed by atoms with E-state index in [1.54, 1.807) is 12.4 Å². The molecule has 1 aliphatic carbocycles. The minimum atomic E-state index is 0.626. The van der Waals surface area contributed by atoms with Gasteiger partial charge in [0.2, 0.25) is 0 Å². The highest BCUT2D eigenvalue weighted by Crippen LogP contribution is 2.37. The highest BCUT2D eigenvalue weighted by molar-refractivity contribution is 5.30. The molecule has 3 heteroatoms. The van der Waals surface area contributed by atoms with Crippen LogP contribution in [-0.2, 0) is 0 Å². The number of hydrogen-bond donors (Lipinski definition) is 1. The fourth-order valence-corrected chi connectivity index (χ4v) is 0.900. The molecule has 0 amide bonds. The summed E-state index contributed by atoms with van der Waals surface area (Å²) in [7, 11) is 0.